The molecule has 15 heavy (non-hydrogen) atoms. The Morgan fingerprint density at radius 2 is 1.93 bits per heavy atom. The van der Waals surface area contributed by atoms with Crippen molar-refractivity contribution in [2.75, 3.05) is 6.54 Å². The average molecular weight is 200 g/mol. The number of hydrogen-bond donors (Lipinski definition) is 0. The van der Waals surface area contributed by atoms with Crippen molar-refractivity contribution in [3.05, 3.63) is 35.4 Å². The lowest BCUT2D eigenvalue weighted by molar-refractivity contribution is 0.983. The maximum Gasteiger partial charge on any atom is 0.154 e. The third kappa shape index (κ3) is 2.32. The van der Waals surface area contributed by atoms with Gasteiger partial charge in [-0.1, -0.05) is 43.2 Å². The molecule has 2 rings (SSSR count). The molecule has 0 bridgehead atoms. The molecular formula is C13H16N2. The molecule has 2 nitrogen and oxygen atoms in total. The van der Waals surface area contributed by atoms with E-state index in [-0.39, 0.29) is 0 Å². The van der Waals surface area contributed by atoms with Crippen LogP contribution in [-0.4, -0.2) is 18.1 Å². The zero-order chi connectivity index (χ0) is 10.7. The number of amidine groups is 1. The molecule has 1 heterocycles. The standard InChI is InChI=1S/C13H16N2/c1-3-4-12-9-14-13(15-12)11-7-5-10(2)6-8-11/h5-8H,3-4,9H2,1-2H3. The smallest absolute Gasteiger partial charge is 0.154 e. The fraction of sp³-hybridized carbons (Fsp3) is 0.385. The van der Waals surface area contributed by atoms with Crippen LogP contribution in [-0.2, 0) is 0 Å². The molecule has 0 amide bonds. The maximum absolute atomic E-state index is 4.54. The van der Waals surface area contributed by atoms with Gasteiger partial charge >= 0.3 is 0 Å². The van der Waals surface area contributed by atoms with Crippen LogP contribution in [0.3, 0.4) is 0 Å². The zero-order valence-corrected chi connectivity index (χ0v) is 9.33. The van der Waals surface area contributed by atoms with Gasteiger partial charge in [0.05, 0.1) is 6.54 Å². The Kier molecular flexibility index (Phi) is 2.95. The molecule has 0 unspecified atom stereocenters. The molecule has 0 fully saturated rings. The minimum atomic E-state index is 0.789. The van der Waals surface area contributed by atoms with Gasteiger partial charge in [0.25, 0.3) is 0 Å². The fourth-order valence-electron chi connectivity index (χ4n) is 1.67. The van der Waals surface area contributed by atoms with Crippen molar-refractivity contribution in [2.24, 2.45) is 9.98 Å². The second kappa shape index (κ2) is 4.39. The Morgan fingerprint density at radius 3 is 2.60 bits per heavy atom. The van der Waals surface area contributed by atoms with Crippen LogP contribution in [0.25, 0.3) is 0 Å². The van der Waals surface area contributed by atoms with E-state index in [0.29, 0.717) is 0 Å². The maximum atomic E-state index is 4.54. The first-order valence-electron chi connectivity index (χ1n) is 5.47. The lowest BCUT2D eigenvalue weighted by atomic mass is 10.1. The van der Waals surface area contributed by atoms with Gasteiger partial charge in [-0.15, -0.1) is 0 Å². The molecule has 1 aliphatic rings. The van der Waals surface area contributed by atoms with Crippen molar-refractivity contribution < 1.29 is 0 Å². The molecule has 1 aromatic rings. The van der Waals surface area contributed by atoms with Gasteiger partial charge in [0, 0.05) is 11.3 Å². The first kappa shape index (κ1) is 10.1. The molecule has 0 radical (unpaired) electrons. The van der Waals surface area contributed by atoms with Gasteiger partial charge in [0.15, 0.2) is 5.84 Å². The summed E-state index contributed by atoms with van der Waals surface area (Å²) in [6.07, 6.45) is 2.22. The predicted molar refractivity (Wildman–Crippen MR) is 64.9 cm³/mol. The van der Waals surface area contributed by atoms with E-state index in [9.17, 15) is 0 Å². The molecule has 1 aliphatic heterocycles. The Bertz CT molecular complexity index is 399. The van der Waals surface area contributed by atoms with Gasteiger partial charge < -0.3 is 0 Å². The summed E-state index contributed by atoms with van der Waals surface area (Å²) in [6, 6.07) is 8.38. The number of benzene rings is 1. The summed E-state index contributed by atoms with van der Waals surface area (Å²) in [5.74, 6) is 0.901. The fourth-order valence-corrected chi connectivity index (χ4v) is 1.67. The molecule has 0 spiro atoms. The molecule has 0 aromatic heterocycles. The monoisotopic (exact) mass is 200 g/mol. The summed E-state index contributed by atoms with van der Waals surface area (Å²) in [4.78, 5) is 8.99. The molecular weight excluding hydrogens is 184 g/mol. The summed E-state index contributed by atoms with van der Waals surface area (Å²) in [5, 5.41) is 0. The molecule has 0 atom stereocenters. The van der Waals surface area contributed by atoms with Crippen LogP contribution in [0.2, 0.25) is 0 Å². The predicted octanol–water partition coefficient (Wildman–Crippen LogP) is 3.00. The molecule has 2 heteroatoms. The normalized spacial score (nSPS) is 15.1. The summed E-state index contributed by atoms with van der Waals surface area (Å²) < 4.78 is 0. The van der Waals surface area contributed by atoms with Crippen molar-refractivity contribution in [3.8, 4) is 0 Å². The van der Waals surface area contributed by atoms with Gasteiger partial charge in [-0.05, 0) is 13.3 Å². The van der Waals surface area contributed by atoms with Gasteiger partial charge in [0.1, 0.15) is 0 Å². The highest BCUT2D eigenvalue weighted by molar-refractivity contribution is 6.11. The first-order chi connectivity index (χ1) is 7.29. The number of aliphatic imine (C=N–C) groups is 2. The van der Waals surface area contributed by atoms with Crippen LogP contribution in [0.15, 0.2) is 34.3 Å². The van der Waals surface area contributed by atoms with E-state index in [1.165, 1.54) is 11.3 Å². The zero-order valence-electron chi connectivity index (χ0n) is 9.33. The van der Waals surface area contributed by atoms with E-state index in [1.807, 2.05) is 0 Å². The van der Waals surface area contributed by atoms with Crippen LogP contribution in [0.4, 0.5) is 0 Å². The summed E-state index contributed by atoms with van der Waals surface area (Å²) in [6.45, 7) is 5.05. The average Bonchev–Trinajstić information content (AvgIpc) is 2.68. The van der Waals surface area contributed by atoms with Crippen LogP contribution >= 0.6 is 0 Å². The van der Waals surface area contributed by atoms with Crippen LogP contribution in [0.5, 0.6) is 0 Å². The van der Waals surface area contributed by atoms with Gasteiger partial charge in [0.2, 0.25) is 0 Å². The molecule has 0 N–H and O–H groups in total. The number of aryl methyl sites for hydroxylation is 1. The topological polar surface area (TPSA) is 24.7 Å². The second-order valence-corrected chi connectivity index (χ2v) is 3.93. The van der Waals surface area contributed by atoms with Crippen LogP contribution < -0.4 is 0 Å². The Labute approximate surface area is 90.8 Å². The Morgan fingerprint density at radius 1 is 1.20 bits per heavy atom. The van der Waals surface area contributed by atoms with E-state index in [2.05, 4.69) is 48.1 Å². The SMILES string of the molecule is CCCC1=NC(c2ccc(C)cc2)=NC1. The number of hydrogen-bond acceptors (Lipinski definition) is 2. The summed E-state index contributed by atoms with van der Waals surface area (Å²) in [5.41, 5.74) is 3.62. The summed E-state index contributed by atoms with van der Waals surface area (Å²) >= 11 is 0. The highest BCUT2D eigenvalue weighted by Crippen LogP contribution is 2.11. The largest absolute Gasteiger partial charge is 0.260 e. The van der Waals surface area contributed by atoms with Crippen LogP contribution in [0, 0.1) is 6.92 Å². The number of nitrogens with zero attached hydrogens (tertiary/aromatic N) is 2. The molecule has 1 aromatic carbocycles. The van der Waals surface area contributed by atoms with Crippen molar-refractivity contribution in [1.29, 1.82) is 0 Å². The van der Waals surface area contributed by atoms with Crippen molar-refractivity contribution in [3.63, 3.8) is 0 Å². The number of rotatable bonds is 3. The van der Waals surface area contributed by atoms with Crippen molar-refractivity contribution in [1.82, 2.24) is 0 Å². The highest BCUT2D eigenvalue weighted by atomic mass is 15.0. The van der Waals surface area contributed by atoms with Gasteiger partial charge in [-0.3, -0.25) is 4.99 Å². The van der Waals surface area contributed by atoms with Crippen molar-refractivity contribution in [2.45, 2.75) is 26.7 Å². The van der Waals surface area contributed by atoms with E-state index < -0.39 is 0 Å². The lowest BCUT2D eigenvalue weighted by Gasteiger charge is -1.98. The third-order valence-electron chi connectivity index (χ3n) is 2.52. The van der Waals surface area contributed by atoms with Gasteiger partial charge in [-0.25, -0.2) is 4.99 Å². The highest BCUT2D eigenvalue weighted by Gasteiger charge is 2.10. The minimum absolute atomic E-state index is 0.789. The van der Waals surface area contributed by atoms with E-state index in [0.717, 1.165) is 30.8 Å². The second-order valence-electron chi connectivity index (χ2n) is 3.93. The molecule has 0 aliphatic carbocycles. The third-order valence-corrected chi connectivity index (χ3v) is 2.52. The Hall–Kier alpha value is -1.44. The lowest BCUT2D eigenvalue weighted by Crippen LogP contribution is -1.97. The quantitative estimate of drug-likeness (QED) is 0.716. The van der Waals surface area contributed by atoms with E-state index in [1.54, 1.807) is 0 Å². The first-order valence-corrected chi connectivity index (χ1v) is 5.47. The minimum Gasteiger partial charge on any atom is -0.260 e. The Balaban J connectivity index is 2.16. The molecule has 78 valence electrons. The van der Waals surface area contributed by atoms with Crippen LogP contribution in [0.1, 0.15) is 30.9 Å². The van der Waals surface area contributed by atoms with E-state index in [4.69, 9.17) is 0 Å². The van der Waals surface area contributed by atoms with Gasteiger partial charge in [-0.2, -0.15) is 0 Å². The van der Waals surface area contributed by atoms with Crippen molar-refractivity contribution >= 4 is 11.5 Å². The van der Waals surface area contributed by atoms with E-state index >= 15 is 0 Å². The molecule has 0 saturated heterocycles. The molecule has 0 saturated carbocycles. The summed E-state index contributed by atoms with van der Waals surface area (Å²) in [7, 11) is 0.